The molecule has 3 aromatic heterocycles. The predicted molar refractivity (Wildman–Crippen MR) is 186 cm³/mol. The minimum atomic E-state index is 0.873. The Morgan fingerprint density at radius 2 is 0.977 bits per heavy atom. The van der Waals surface area contributed by atoms with Crippen LogP contribution >= 0.6 is 11.3 Å². The lowest BCUT2D eigenvalue weighted by Gasteiger charge is -2.26. The molecule has 3 heterocycles. The molecular formula is C40H23NO2S. The number of hydrogen-bond donors (Lipinski definition) is 0. The largest absolute Gasteiger partial charge is 0.456 e. The highest BCUT2D eigenvalue weighted by Crippen LogP contribution is 2.47. The first-order valence-corrected chi connectivity index (χ1v) is 15.6. The summed E-state index contributed by atoms with van der Waals surface area (Å²) in [7, 11) is 0. The summed E-state index contributed by atoms with van der Waals surface area (Å²) in [5.74, 6) is 0. The van der Waals surface area contributed by atoms with Crippen molar-refractivity contribution < 1.29 is 8.83 Å². The van der Waals surface area contributed by atoms with E-state index in [1.807, 2.05) is 35.6 Å². The lowest BCUT2D eigenvalue weighted by atomic mass is 10.1. The molecule has 10 aromatic rings. The molecule has 4 heteroatoms. The lowest BCUT2D eigenvalue weighted by Crippen LogP contribution is -2.10. The van der Waals surface area contributed by atoms with E-state index in [2.05, 4.69) is 120 Å². The van der Waals surface area contributed by atoms with Gasteiger partial charge in [-0.25, -0.2) is 0 Å². The summed E-state index contributed by atoms with van der Waals surface area (Å²) < 4.78 is 15.1. The second-order valence-corrected chi connectivity index (χ2v) is 12.3. The molecule has 0 aliphatic heterocycles. The summed E-state index contributed by atoms with van der Waals surface area (Å²) in [6.45, 7) is 0. The van der Waals surface area contributed by atoms with Crippen LogP contribution in [0.5, 0.6) is 0 Å². The lowest BCUT2D eigenvalue weighted by molar-refractivity contribution is 0.668. The van der Waals surface area contributed by atoms with Crippen LogP contribution in [-0.4, -0.2) is 0 Å². The number of hydrogen-bond acceptors (Lipinski definition) is 4. The van der Waals surface area contributed by atoms with Gasteiger partial charge in [-0.2, -0.15) is 0 Å². The zero-order valence-corrected chi connectivity index (χ0v) is 24.3. The Morgan fingerprint density at radius 3 is 1.84 bits per heavy atom. The van der Waals surface area contributed by atoms with E-state index < -0.39 is 0 Å². The molecule has 0 fully saturated rings. The summed E-state index contributed by atoms with van der Waals surface area (Å²) >= 11 is 1.87. The van der Waals surface area contributed by atoms with Gasteiger partial charge in [0.1, 0.15) is 22.3 Å². The molecule has 44 heavy (non-hydrogen) atoms. The van der Waals surface area contributed by atoms with Crippen molar-refractivity contribution in [2.45, 2.75) is 0 Å². The van der Waals surface area contributed by atoms with Crippen molar-refractivity contribution >= 4 is 103 Å². The summed E-state index contributed by atoms with van der Waals surface area (Å²) in [5, 5.41) is 9.56. The van der Waals surface area contributed by atoms with Crippen LogP contribution in [0.3, 0.4) is 0 Å². The fourth-order valence-corrected chi connectivity index (χ4v) is 8.16. The van der Waals surface area contributed by atoms with Gasteiger partial charge in [-0.15, -0.1) is 11.3 Å². The van der Waals surface area contributed by atoms with Gasteiger partial charge in [0, 0.05) is 54.5 Å². The van der Waals surface area contributed by atoms with E-state index in [1.54, 1.807) is 0 Å². The Kier molecular flexibility index (Phi) is 4.87. The van der Waals surface area contributed by atoms with E-state index in [1.165, 1.54) is 30.9 Å². The quantitative estimate of drug-likeness (QED) is 0.208. The molecule has 0 aliphatic carbocycles. The van der Waals surface area contributed by atoms with Crippen molar-refractivity contribution in [3.05, 3.63) is 140 Å². The number of para-hydroxylation sites is 2. The first-order chi connectivity index (χ1) is 21.8. The SMILES string of the molecule is c1ccc2c(c1)ccc1c3cccc(N(c4ccc5c(c4)oc4ccccc45)c4ccc5oc6ccccc6c5c4)c3sc21. The molecule has 0 saturated heterocycles. The first kappa shape index (κ1) is 23.9. The number of fused-ring (bicyclic) bond motifs is 11. The summed E-state index contributed by atoms with van der Waals surface area (Å²) in [6.07, 6.45) is 0. The highest BCUT2D eigenvalue weighted by atomic mass is 32.1. The van der Waals surface area contributed by atoms with E-state index in [9.17, 15) is 0 Å². The van der Waals surface area contributed by atoms with Crippen LogP contribution < -0.4 is 4.90 Å². The Labute approximate surface area is 255 Å². The zero-order valence-electron chi connectivity index (χ0n) is 23.5. The molecule has 7 aromatic carbocycles. The van der Waals surface area contributed by atoms with Crippen LogP contribution in [0.1, 0.15) is 0 Å². The van der Waals surface area contributed by atoms with E-state index in [-0.39, 0.29) is 0 Å². The maximum atomic E-state index is 6.38. The van der Waals surface area contributed by atoms with Gasteiger partial charge in [-0.05, 0) is 59.3 Å². The summed E-state index contributed by atoms with van der Waals surface area (Å²) in [5.41, 5.74) is 6.79. The third-order valence-electron chi connectivity index (χ3n) is 8.85. The Bertz CT molecular complexity index is 2750. The number of anilines is 3. The minimum Gasteiger partial charge on any atom is -0.456 e. The van der Waals surface area contributed by atoms with Gasteiger partial charge in [0.2, 0.25) is 0 Å². The molecule has 10 rings (SSSR count). The van der Waals surface area contributed by atoms with Gasteiger partial charge in [0.05, 0.1) is 10.4 Å². The monoisotopic (exact) mass is 581 g/mol. The number of furan rings is 2. The fraction of sp³-hybridized carbons (Fsp3) is 0. The molecule has 0 N–H and O–H groups in total. The third-order valence-corrected chi connectivity index (χ3v) is 10.1. The van der Waals surface area contributed by atoms with Gasteiger partial charge in [0.15, 0.2) is 0 Å². The second-order valence-electron chi connectivity index (χ2n) is 11.3. The molecule has 3 nitrogen and oxygen atoms in total. The van der Waals surface area contributed by atoms with Gasteiger partial charge in [0.25, 0.3) is 0 Å². The molecule has 0 unspecified atom stereocenters. The van der Waals surface area contributed by atoms with Gasteiger partial charge in [-0.1, -0.05) is 84.9 Å². The molecule has 0 spiro atoms. The standard InChI is InChI=1S/C40H23NO2S/c1-2-9-27-24(8-1)16-19-32-31-12-7-13-34(40(31)44-39(27)32)41(25-18-21-37-33(22-25)29-11-4-6-15-36(29)42-37)26-17-20-30-28-10-3-5-14-35(28)43-38(30)23-26/h1-23H. The number of benzene rings is 7. The average molecular weight is 582 g/mol. The minimum absolute atomic E-state index is 0.873. The molecule has 206 valence electrons. The van der Waals surface area contributed by atoms with Gasteiger partial charge in [-0.3, -0.25) is 0 Å². The Balaban J connectivity index is 1.28. The summed E-state index contributed by atoms with van der Waals surface area (Å²) in [6, 6.07) is 49.4. The number of nitrogens with zero attached hydrogens (tertiary/aromatic N) is 1. The Morgan fingerprint density at radius 1 is 0.386 bits per heavy atom. The van der Waals surface area contributed by atoms with Crippen molar-refractivity contribution in [2.75, 3.05) is 4.90 Å². The van der Waals surface area contributed by atoms with Crippen molar-refractivity contribution in [3.63, 3.8) is 0 Å². The molecular weight excluding hydrogens is 559 g/mol. The van der Waals surface area contributed by atoms with E-state index in [4.69, 9.17) is 8.83 Å². The molecule has 0 amide bonds. The van der Waals surface area contributed by atoms with Crippen molar-refractivity contribution in [1.29, 1.82) is 0 Å². The number of thiophene rings is 1. The predicted octanol–water partition coefficient (Wildman–Crippen LogP) is 12.5. The van der Waals surface area contributed by atoms with Crippen molar-refractivity contribution in [2.24, 2.45) is 0 Å². The smallest absolute Gasteiger partial charge is 0.137 e. The Hall–Kier alpha value is -5.58. The third kappa shape index (κ3) is 3.37. The van der Waals surface area contributed by atoms with Crippen LogP contribution in [0.15, 0.2) is 148 Å². The van der Waals surface area contributed by atoms with E-state index in [0.29, 0.717) is 0 Å². The van der Waals surface area contributed by atoms with Gasteiger partial charge >= 0.3 is 0 Å². The topological polar surface area (TPSA) is 29.5 Å². The van der Waals surface area contributed by atoms with Crippen LogP contribution in [-0.2, 0) is 0 Å². The van der Waals surface area contributed by atoms with Crippen LogP contribution in [0, 0.1) is 0 Å². The maximum absolute atomic E-state index is 6.38. The molecule has 0 aliphatic rings. The molecule has 0 atom stereocenters. The molecule has 0 radical (unpaired) electrons. The maximum Gasteiger partial charge on any atom is 0.137 e. The van der Waals surface area contributed by atoms with Crippen molar-refractivity contribution in [3.8, 4) is 0 Å². The fourth-order valence-electron chi connectivity index (χ4n) is 6.82. The van der Waals surface area contributed by atoms with Crippen LogP contribution in [0.4, 0.5) is 17.1 Å². The average Bonchev–Trinajstić information content (AvgIpc) is 3.76. The number of rotatable bonds is 3. The highest BCUT2D eigenvalue weighted by molar-refractivity contribution is 7.27. The molecule has 0 saturated carbocycles. The normalized spacial score (nSPS) is 12.1. The summed E-state index contributed by atoms with van der Waals surface area (Å²) in [4.78, 5) is 2.37. The van der Waals surface area contributed by atoms with E-state index >= 15 is 0 Å². The van der Waals surface area contributed by atoms with Gasteiger partial charge < -0.3 is 13.7 Å². The second kappa shape index (κ2) is 8.96. The van der Waals surface area contributed by atoms with E-state index in [0.717, 1.165) is 60.9 Å². The first-order valence-electron chi connectivity index (χ1n) is 14.8. The van der Waals surface area contributed by atoms with Crippen molar-refractivity contribution in [1.82, 2.24) is 0 Å². The van der Waals surface area contributed by atoms with Crippen LogP contribution in [0.25, 0.3) is 74.8 Å². The zero-order chi connectivity index (χ0) is 28.8. The van der Waals surface area contributed by atoms with Crippen LogP contribution in [0.2, 0.25) is 0 Å². The molecule has 0 bridgehead atoms. The highest BCUT2D eigenvalue weighted by Gasteiger charge is 2.21.